The van der Waals surface area contributed by atoms with Crippen molar-refractivity contribution in [3.8, 4) is 0 Å². The smallest absolute Gasteiger partial charge is 0.252 e. The van der Waals surface area contributed by atoms with E-state index in [-0.39, 0.29) is 12.5 Å². The predicted molar refractivity (Wildman–Crippen MR) is 56.6 cm³/mol. The summed E-state index contributed by atoms with van der Waals surface area (Å²) >= 11 is 1.41. The number of hydrogen-bond acceptors (Lipinski definition) is 4. The molecule has 0 aliphatic rings. The number of thiophene rings is 1. The molecule has 15 heavy (non-hydrogen) atoms. The van der Waals surface area contributed by atoms with Gasteiger partial charge in [-0.2, -0.15) is 11.3 Å². The van der Waals surface area contributed by atoms with Gasteiger partial charge in [0.15, 0.2) is 0 Å². The largest absolute Gasteiger partial charge is 0.382 e. The maximum atomic E-state index is 11.5. The summed E-state index contributed by atoms with van der Waals surface area (Å²) in [6, 6.07) is 0.882. The van der Waals surface area contributed by atoms with Gasteiger partial charge in [0.2, 0.25) is 5.91 Å². The van der Waals surface area contributed by atoms with Crippen LogP contribution in [0.4, 0.5) is 0 Å². The van der Waals surface area contributed by atoms with Crippen LogP contribution in [-0.4, -0.2) is 31.6 Å². The van der Waals surface area contributed by atoms with Crippen LogP contribution in [-0.2, 0) is 9.53 Å². The maximum Gasteiger partial charge on any atom is 0.252 e. The van der Waals surface area contributed by atoms with Crippen molar-refractivity contribution in [1.82, 2.24) is 5.32 Å². The molecule has 1 rings (SSSR count). The van der Waals surface area contributed by atoms with Crippen molar-refractivity contribution >= 4 is 23.2 Å². The standard InChI is InChI=1S/C9H12N2O3S/c1-14-4-7(8(10)12)11-9(13)6-2-3-15-5-6/h2-3,5,7H,4H2,1H3,(H2,10,12)(H,11,13)/t7-/m1/s1. The fraction of sp³-hybridized carbons (Fsp3) is 0.333. The molecule has 2 amide bonds. The van der Waals surface area contributed by atoms with E-state index in [1.165, 1.54) is 18.4 Å². The third-order valence-electron chi connectivity index (χ3n) is 1.77. The number of nitrogens with two attached hydrogens (primary N) is 1. The molecule has 0 spiro atoms. The molecular formula is C9H12N2O3S. The molecule has 0 aromatic carbocycles. The molecule has 0 saturated carbocycles. The van der Waals surface area contributed by atoms with Gasteiger partial charge in [-0.15, -0.1) is 0 Å². The highest BCUT2D eigenvalue weighted by molar-refractivity contribution is 7.08. The van der Waals surface area contributed by atoms with Gasteiger partial charge < -0.3 is 15.8 Å². The average Bonchev–Trinajstić information content (AvgIpc) is 2.69. The van der Waals surface area contributed by atoms with Crippen LogP contribution in [0.15, 0.2) is 16.8 Å². The molecule has 1 aromatic rings. The van der Waals surface area contributed by atoms with Crippen LogP contribution in [0.1, 0.15) is 10.4 Å². The van der Waals surface area contributed by atoms with Crippen molar-refractivity contribution in [3.05, 3.63) is 22.4 Å². The second-order valence-corrected chi connectivity index (χ2v) is 3.68. The fourth-order valence-corrected chi connectivity index (χ4v) is 1.63. The Morgan fingerprint density at radius 1 is 1.67 bits per heavy atom. The van der Waals surface area contributed by atoms with E-state index in [1.807, 2.05) is 0 Å². The van der Waals surface area contributed by atoms with E-state index in [1.54, 1.807) is 16.8 Å². The van der Waals surface area contributed by atoms with Crippen LogP contribution in [0.2, 0.25) is 0 Å². The first kappa shape index (κ1) is 11.7. The first-order valence-electron chi connectivity index (χ1n) is 4.26. The first-order chi connectivity index (χ1) is 7.15. The second kappa shape index (κ2) is 5.47. The van der Waals surface area contributed by atoms with Crippen LogP contribution in [0.5, 0.6) is 0 Å². The zero-order valence-electron chi connectivity index (χ0n) is 8.23. The number of hydrogen-bond donors (Lipinski definition) is 2. The molecule has 0 bridgehead atoms. The minimum Gasteiger partial charge on any atom is -0.382 e. The van der Waals surface area contributed by atoms with Gasteiger partial charge in [-0.3, -0.25) is 9.59 Å². The SMILES string of the molecule is COC[C@@H](NC(=O)c1ccsc1)C(N)=O. The molecule has 82 valence electrons. The fourth-order valence-electron chi connectivity index (χ4n) is 0.997. The number of rotatable bonds is 5. The van der Waals surface area contributed by atoms with E-state index in [4.69, 9.17) is 10.5 Å². The molecule has 0 aliphatic carbocycles. The van der Waals surface area contributed by atoms with Gasteiger partial charge in [0.1, 0.15) is 6.04 Å². The Kier molecular flexibility index (Phi) is 4.26. The molecular weight excluding hydrogens is 216 g/mol. The topological polar surface area (TPSA) is 81.4 Å². The molecule has 0 unspecified atom stereocenters. The lowest BCUT2D eigenvalue weighted by Gasteiger charge is -2.13. The number of amides is 2. The number of nitrogens with one attached hydrogen (secondary N) is 1. The zero-order valence-corrected chi connectivity index (χ0v) is 9.04. The molecule has 1 heterocycles. The third kappa shape index (κ3) is 3.34. The van der Waals surface area contributed by atoms with Crippen LogP contribution < -0.4 is 11.1 Å². The van der Waals surface area contributed by atoms with Crippen LogP contribution in [0, 0.1) is 0 Å². The Hall–Kier alpha value is -1.40. The summed E-state index contributed by atoms with van der Waals surface area (Å²) in [7, 11) is 1.44. The maximum absolute atomic E-state index is 11.5. The number of methoxy groups -OCH3 is 1. The quantitative estimate of drug-likeness (QED) is 0.743. The molecule has 5 nitrogen and oxygen atoms in total. The number of carbonyl (C=O) groups excluding carboxylic acids is 2. The van der Waals surface area contributed by atoms with Crippen molar-refractivity contribution in [3.63, 3.8) is 0 Å². The summed E-state index contributed by atoms with van der Waals surface area (Å²) in [5.74, 6) is -0.933. The highest BCUT2D eigenvalue weighted by Gasteiger charge is 2.18. The number of carbonyl (C=O) groups is 2. The number of primary amides is 1. The van der Waals surface area contributed by atoms with Crippen molar-refractivity contribution in [2.24, 2.45) is 5.73 Å². The Labute approximate surface area is 91.2 Å². The van der Waals surface area contributed by atoms with Crippen molar-refractivity contribution in [2.75, 3.05) is 13.7 Å². The van der Waals surface area contributed by atoms with E-state index in [0.717, 1.165) is 0 Å². The Morgan fingerprint density at radius 3 is 2.87 bits per heavy atom. The van der Waals surface area contributed by atoms with Gasteiger partial charge in [-0.05, 0) is 11.4 Å². The van der Waals surface area contributed by atoms with E-state index in [0.29, 0.717) is 5.56 Å². The third-order valence-corrected chi connectivity index (χ3v) is 2.45. The molecule has 6 heteroatoms. The van der Waals surface area contributed by atoms with Crippen molar-refractivity contribution in [1.29, 1.82) is 0 Å². The average molecular weight is 228 g/mol. The Bertz CT molecular complexity index is 337. The minimum absolute atomic E-state index is 0.0746. The van der Waals surface area contributed by atoms with Gasteiger partial charge in [0.25, 0.3) is 5.91 Å². The molecule has 0 aliphatic heterocycles. The van der Waals surface area contributed by atoms with Gasteiger partial charge >= 0.3 is 0 Å². The molecule has 0 fully saturated rings. The van der Waals surface area contributed by atoms with Crippen molar-refractivity contribution < 1.29 is 14.3 Å². The lowest BCUT2D eigenvalue weighted by Crippen LogP contribution is -2.47. The molecule has 1 atom stereocenters. The lowest BCUT2D eigenvalue weighted by molar-refractivity contribution is -0.121. The van der Waals surface area contributed by atoms with E-state index in [2.05, 4.69) is 5.32 Å². The summed E-state index contributed by atoms with van der Waals surface area (Å²) in [6.07, 6.45) is 0. The molecule has 0 saturated heterocycles. The number of ether oxygens (including phenoxy) is 1. The lowest BCUT2D eigenvalue weighted by atomic mass is 10.2. The summed E-state index contributed by atoms with van der Waals surface area (Å²) < 4.78 is 4.77. The molecule has 3 N–H and O–H groups in total. The normalized spacial score (nSPS) is 12.1. The second-order valence-electron chi connectivity index (χ2n) is 2.90. The Balaban J connectivity index is 2.59. The van der Waals surface area contributed by atoms with E-state index >= 15 is 0 Å². The summed E-state index contributed by atoms with van der Waals surface area (Å²) in [5, 5.41) is 5.96. The summed E-state index contributed by atoms with van der Waals surface area (Å²) in [6.45, 7) is 0.0746. The predicted octanol–water partition coefficient (Wildman–Crippen LogP) is -0.0218. The summed E-state index contributed by atoms with van der Waals surface area (Å²) in [4.78, 5) is 22.5. The van der Waals surface area contributed by atoms with Gasteiger partial charge in [0.05, 0.1) is 12.2 Å². The first-order valence-corrected chi connectivity index (χ1v) is 5.20. The van der Waals surface area contributed by atoms with Gasteiger partial charge in [0, 0.05) is 12.5 Å². The molecule has 0 radical (unpaired) electrons. The van der Waals surface area contributed by atoms with Gasteiger partial charge in [-0.25, -0.2) is 0 Å². The monoisotopic (exact) mass is 228 g/mol. The Morgan fingerprint density at radius 2 is 2.40 bits per heavy atom. The van der Waals surface area contributed by atoms with E-state index < -0.39 is 11.9 Å². The van der Waals surface area contributed by atoms with Crippen LogP contribution >= 0.6 is 11.3 Å². The molecule has 1 aromatic heterocycles. The highest BCUT2D eigenvalue weighted by atomic mass is 32.1. The van der Waals surface area contributed by atoms with Crippen LogP contribution in [0.3, 0.4) is 0 Å². The summed E-state index contributed by atoms with van der Waals surface area (Å²) in [5.41, 5.74) is 5.61. The zero-order chi connectivity index (χ0) is 11.3. The van der Waals surface area contributed by atoms with E-state index in [9.17, 15) is 9.59 Å². The minimum atomic E-state index is -0.789. The van der Waals surface area contributed by atoms with Crippen LogP contribution in [0.25, 0.3) is 0 Å². The highest BCUT2D eigenvalue weighted by Crippen LogP contribution is 2.05. The van der Waals surface area contributed by atoms with Crippen molar-refractivity contribution in [2.45, 2.75) is 6.04 Å². The van der Waals surface area contributed by atoms with Gasteiger partial charge in [-0.1, -0.05) is 0 Å².